The van der Waals surface area contributed by atoms with E-state index in [9.17, 15) is 0 Å². The van der Waals surface area contributed by atoms with Gasteiger partial charge < -0.3 is 0 Å². The molecule has 6 aromatic rings. The highest BCUT2D eigenvalue weighted by Crippen LogP contribution is 2.11. The molecule has 0 fully saturated rings. The summed E-state index contributed by atoms with van der Waals surface area (Å²) in [6.45, 7) is 8.49. The topological polar surface area (TPSA) is 0 Å². The Morgan fingerprint density at radius 2 is 0.615 bits per heavy atom. The van der Waals surface area contributed by atoms with Gasteiger partial charge in [-0.1, -0.05) is 182 Å². The van der Waals surface area contributed by atoms with Gasteiger partial charge in [-0.2, -0.15) is 0 Å². The van der Waals surface area contributed by atoms with Crippen molar-refractivity contribution in [3.63, 3.8) is 0 Å². The van der Waals surface area contributed by atoms with E-state index in [1.165, 1.54) is 33.0 Å². The average molecular weight is 511 g/mol. The van der Waals surface area contributed by atoms with E-state index < -0.39 is 0 Å². The maximum Gasteiger partial charge on any atom is -0.0184 e. The minimum atomic E-state index is 1.14. The minimum absolute atomic E-state index is 1.14. The average Bonchev–Trinajstić information content (AvgIpc) is 3.02. The van der Waals surface area contributed by atoms with Gasteiger partial charge in [0.1, 0.15) is 0 Å². The summed E-state index contributed by atoms with van der Waals surface area (Å²) in [5.41, 5.74) is 5.47. The predicted molar refractivity (Wildman–Crippen MR) is 173 cm³/mol. The largest absolute Gasteiger partial charge is 0.0623 e. The second-order valence-corrected chi connectivity index (χ2v) is 9.08. The molecule has 0 bridgehead atoms. The summed E-state index contributed by atoms with van der Waals surface area (Å²) in [6, 6.07) is 57.8. The van der Waals surface area contributed by atoms with Crippen LogP contribution in [0.1, 0.15) is 29.2 Å². The highest BCUT2D eigenvalue weighted by molar-refractivity contribution is 5.82. The van der Waals surface area contributed by atoms with Gasteiger partial charge in [0.15, 0.2) is 0 Å². The van der Waals surface area contributed by atoms with Crippen molar-refractivity contribution in [3.8, 4) is 0 Å². The van der Waals surface area contributed by atoms with Crippen molar-refractivity contribution >= 4 is 10.8 Å². The lowest BCUT2D eigenvalue weighted by Gasteiger charge is -1.93. The molecule has 0 N–H and O–H groups in total. The van der Waals surface area contributed by atoms with E-state index in [0.29, 0.717) is 0 Å². The molecule has 0 nitrogen and oxygen atoms in total. The van der Waals surface area contributed by atoms with Crippen LogP contribution in [0.3, 0.4) is 0 Å². The molecular weight excluding hydrogens is 468 g/mol. The third kappa shape index (κ3) is 14.2. The summed E-state index contributed by atoms with van der Waals surface area (Å²) in [5, 5.41) is 2.62. The summed E-state index contributed by atoms with van der Waals surface area (Å²) in [4.78, 5) is 0. The Bertz CT molecular complexity index is 1270. The van der Waals surface area contributed by atoms with Crippen molar-refractivity contribution in [1.29, 1.82) is 0 Å². The molecule has 0 spiro atoms. The molecule has 0 heterocycles. The van der Waals surface area contributed by atoms with Crippen molar-refractivity contribution < 1.29 is 0 Å². The fraction of sp³-hybridized carbons (Fsp3) is 0.128. The van der Waals surface area contributed by atoms with Crippen molar-refractivity contribution in [3.05, 3.63) is 192 Å². The maximum absolute atomic E-state index is 2.16. The predicted octanol–water partition coefficient (Wildman–Crippen LogP) is 11.1. The third-order valence-electron chi connectivity index (χ3n) is 5.94. The van der Waals surface area contributed by atoms with Crippen LogP contribution in [0.5, 0.6) is 0 Å². The van der Waals surface area contributed by atoms with Gasteiger partial charge >= 0.3 is 0 Å². The van der Waals surface area contributed by atoms with E-state index in [4.69, 9.17) is 0 Å². The Morgan fingerprint density at radius 3 is 0.872 bits per heavy atom. The van der Waals surface area contributed by atoms with Gasteiger partial charge in [-0.3, -0.25) is 0 Å². The number of benzene rings is 6. The molecular formula is C39H42. The summed E-state index contributed by atoms with van der Waals surface area (Å²) in [5.74, 6) is 0. The molecule has 0 aliphatic rings. The molecule has 39 heavy (non-hydrogen) atoms. The second kappa shape index (κ2) is 19.7. The number of hydrogen-bond acceptors (Lipinski definition) is 0. The van der Waals surface area contributed by atoms with Crippen LogP contribution < -0.4 is 0 Å². The maximum atomic E-state index is 2.16. The fourth-order valence-electron chi connectivity index (χ4n) is 3.43. The Hall–Kier alpha value is -4.42. The van der Waals surface area contributed by atoms with Crippen LogP contribution in [0.25, 0.3) is 10.8 Å². The van der Waals surface area contributed by atoms with Gasteiger partial charge in [-0.25, -0.2) is 0 Å². The lowest BCUT2D eigenvalue weighted by atomic mass is 10.1. The second-order valence-electron chi connectivity index (χ2n) is 9.08. The van der Waals surface area contributed by atoms with Crippen LogP contribution in [0.2, 0.25) is 0 Å². The van der Waals surface area contributed by atoms with E-state index in [1.807, 2.05) is 60.7 Å². The number of rotatable bonds is 1. The Kier molecular flexibility index (Phi) is 15.5. The highest BCUT2D eigenvalue weighted by atomic mass is 13.9. The molecule has 0 amide bonds. The van der Waals surface area contributed by atoms with Gasteiger partial charge in [0, 0.05) is 0 Å². The molecule has 6 aromatic carbocycles. The summed E-state index contributed by atoms with van der Waals surface area (Å²) < 4.78 is 0. The van der Waals surface area contributed by atoms with Crippen molar-refractivity contribution in [2.24, 2.45) is 0 Å². The van der Waals surface area contributed by atoms with Gasteiger partial charge in [0.25, 0.3) is 0 Å². The van der Waals surface area contributed by atoms with E-state index in [0.717, 1.165) is 6.42 Å². The Labute approximate surface area is 236 Å². The first-order chi connectivity index (χ1) is 19.1. The van der Waals surface area contributed by atoms with Crippen LogP contribution in [-0.4, -0.2) is 0 Å². The number of hydrogen-bond donors (Lipinski definition) is 0. The number of aryl methyl sites for hydroxylation is 4. The van der Waals surface area contributed by atoms with Gasteiger partial charge in [-0.05, 0) is 54.7 Å². The van der Waals surface area contributed by atoms with Crippen LogP contribution in [0.15, 0.2) is 170 Å². The zero-order chi connectivity index (χ0) is 28.0. The molecule has 0 aromatic heterocycles. The van der Waals surface area contributed by atoms with Crippen LogP contribution in [0, 0.1) is 20.8 Å². The molecule has 0 unspecified atom stereocenters. The molecule has 0 saturated carbocycles. The monoisotopic (exact) mass is 510 g/mol. The van der Waals surface area contributed by atoms with Gasteiger partial charge in [0.05, 0.1) is 0 Å². The highest BCUT2D eigenvalue weighted by Gasteiger charge is 1.85. The summed E-state index contributed by atoms with van der Waals surface area (Å²) in [6.07, 6.45) is 1.14. The van der Waals surface area contributed by atoms with Crippen molar-refractivity contribution in [2.45, 2.75) is 34.1 Å². The van der Waals surface area contributed by atoms with Crippen molar-refractivity contribution in [1.82, 2.24) is 0 Å². The van der Waals surface area contributed by atoms with Gasteiger partial charge in [0.2, 0.25) is 0 Å². The van der Waals surface area contributed by atoms with Crippen LogP contribution in [0.4, 0.5) is 0 Å². The van der Waals surface area contributed by atoms with E-state index in [1.54, 1.807) is 0 Å². The summed E-state index contributed by atoms with van der Waals surface area (Å²) in [7, 11) is 0. The molecule has 0 radical (unpaired) electrons. The Morgan fingerprint density at radius 1 is 0.333 bits per heavy atom. The fourth-order valence-corrected chi connectivity index (χ4v) is 3.43. The lowest BCUT2D eigenvalue weighted by molar-refractivity contribution is 1.14. The quantitative estimate of drug-likeness (QED) is 0.206. The Balaban J connectivity index is 0.000000173. The smallest absolute Gasteiger partial charge is 0.0184 e. The molecule has 0 aliphatic heterocycles. The van der Waals surface area contributed by atoms with E-state index >= 15 is 0 Å². The summed E-state index contributed by atoms with van der Waals surface area (Å²) >= 11 is 0. The van der Waals surface area contributed by atoms with Gasteiger partial charge in [-0.15, -0.1) is 0 Å². The number of fused-ring (bicyclic) bond motifs is 1. The molecule has 6 rings (SSSR count). The molecule has 0 heteroatoms. The first-order valence-electron chi connectivity index (χ1n) is 13.6. The lowest BCUT2D eigenvalue weighted by Crippen LogP contribution is -1.74. The zero-order valence-corrected chi connectivity index (χ0v) is 23.9. The SMILES string of the molecule is CCc1ccccc1.Cc1ccccc1.Cc1ccccc1C.c1ccc2ccccc2c1.c1ccccc1. The molecule has 0 aliphatic carbocycles. The standard InChI is InChI=1S/C10H8.2C8H10.C7H8.C6H6/c1-2-6-10-8-4-3-7-9(10)5-1;1-7-5-3-4-6-8(7)2;1-2-8-6-4-3-5-7-8;1-7-5-3-2-4-6-7;1-2-4-6-5-3-1/h1-8H;3-6H,1-2H3;3-7H,2H2,1H3;2-6H,1H3;1-6H. The first kappa shape index (κ1) is 30.8. The minimum Gasteiger partial charge on any atom is -0.0623 e. The normalized spacial score (nSPS) is 9.13. The van der Waals surface area contributed by atoms with Crippen LogP contribution >= 0.6 is 0 Å². The molecule has 198 valence electrons. The molecule has 0 atom stereocenters. The third-order valence-corrected chi connectivity index (χ3v) is 5.94. The van der Waals surface area contributed by atoms with E-state index in [2.05, 4.69) is 137 Å². The van der Waals surface area contributed by atoms with E-state index in [-0.39, 0.29) is 0 Å². The van der Waals surface area contributed by atoms with Crippen molar-refractivity contribution in [2.75, 3.05) is 0 Å². The van der Waals surface area contributed by atoms with Crippen LogP contribution in [-0.2, 0) is 6.42 Å². The molecule has 0 saturated heterocycles. The zero-order valence-electron chi connectivity index (χ0n) is 23.9. The first-order valence-corrected chi connectivity index (χ1v) is 13.6.